The molecule has 0 aliphatic heterocycles. The van der Waals surface area contributed by atoms with Gasteiger partial charge in [0.15, 0.2) is 6.61 Å². The number of carboxylic acids is 1. The molecule has 0 atom stereocenters. The van der Waals surface area contributed by atoms with Gasteiger partial charge in [0, 0.05) is 21.6 Å². The third-order valence-corrected chi connectivity index (χ3v) is 3.84. The number of aromatic nitrogens is 1. The molecule has 0 unspecified atom stereocenters. The van der Waals surface area contributed by atoms with Crippen molar-refractivity contribution >= 4 is 44.7 Å². The number of hydrazone groups is 1. The number of nitrogens with zero attached hydrogens (tertiary/aromatic N) is 2. The summed E-state index contributed by atoms with van der Waals surface area (Å²) in [6.07, 6.45) is 3.30. The van der Waals surface area contributed by atoms with Crippen molar-refractivity contribution in [3.63, 3.8) is 0 Å². The molecule has 0 amide bonds. The van der Waals surface area contributed by atoms with E-state index in [0.717, 1.165) is 21.1 Å². The molecular weight excluding hydrogens is 386 g/mol. The lowest BCUT2D eigenvalue weighted by molar-refractivity contribution is -0.139. The SMILES string of the molecule is O=C(O)COc1ccc(Br)cc1/C=N\Nc1cccc2cccnc12. The van der Waals surface area contributed by atoms with Crippen LogP contribution in [-0.2, 0) is 4.79 Å². The summed E-state index contributed by atoms with van der Waals surface area (Å²) in [5.41, 5.74) is 5.21. The molecule has 1 heterocycles. The van der Waals surface area contributed by atoms with Crippen molar-refractivity contribution in [1.29, 1.82) is 0 Å². The fourth-order valence-corrected chi connectivity index (χ4v) is 2.64. The number of fused-ring (bicyclic) bond motifs is 1. The topological polar surface area (TPSA) is 83.8 Å². The van der Waals surface area contributed by atoms with Gasteiger partial charge in [0.25, 0.3) is 0 Å². The minimum absolute atomic E-state index is 0.414. The quantitative estimate of drug-likeness (QED) is 0.484. The maximum atomic E-state index is 10.7. The van der Waals surface area contributed by atoms with Gasteiger partial charge in [-0.25, -0.2) is 4.79 Å². The van der Waals surface area contributed by atoms with E-state index >= 15 is 0 Å². The van der Waals surface area contributed by atoms with Crippen LogP contribution in [0.3, 0.4) is 0 Å². The predicted octanol–water partition coefficient (Wildman–Crippen LogP) is 3.91. The smallest absolute Gasteiger partial charge is 0.341 e. The summed E-state index contributed by atoms with van der Waals surface area (Å²) in [5.74, 6) is -0.599. The molecule has 6 nitrogen and oxygen atoms in total. The number of ether oxygens (including phenoxy) is 1. The van der Waals surface area contributed by atoms with Gasteiger partial charge in [0.2, 0.25) is 0 Å². The Kier molecular flexibility index (Phi) is 5.25. The number of aliphatic carboxylic acids is 1. The highest BCUT2D eigenvalue weighted by atomic mass is 79.9. The zero-order valence-corrected chi connectivity index (χ0v) is 14.6. The van der Waals surface area contributed by atoms with Gasteiger partial charge in [-0.15, -0.1) is 0 Å². The van der Waals surface area contributed by atoms with E-state index in [9.17, 15) is 4.79 Å². The zero-order valence-electron chi connectivity index (χ0n) is 13.0. The van der Waals surface area contributed by atoms with E-state index in [0.29, 0.717) is 11.3 Å². The van der Waals surface area contributed by atoms with Crippen molar-refractivity contribution in [3.8, 4) is 5.75 Å². The Labute approximate surface area is 152 Å². The molecule has 0 bridgehead atoms. The molecule has 0 radical (unpaired) electrons. The highest BCUT2D eigenvalue weighted by molar-refractivity contribution is 9.10. The van der Waals surface area contributed by atoms with E-state index in [1.807, 2.05) is 30.3 Å². The second-order valence-electron chi connectivity index (χ2n) is 5.12. The number of hydrogen-bond donors (Lipinski definition) is 2. The highest BCUT2D eigenvalue weighted by Crippen LogP contribution is 2.23. The Hall–Kier alpha value is -2.93. The van der Waals surface area contributed by atoms with Crippen LogP contribution in [0.25, 0.3) is 10.9 Å². The average Bonchev–Trinajstić information content (AvgIpc) is 2.61. The summed E-state index contributed by atoms with van der Waals surface area (Å²) >= 11 is 3.38. The number of carboxylic acid groups (broad SMARTS) is 1. The van der Waals surface area contributed by atoms with Crippen molar-refractivity contribution in [2.45, 2.75) is 0 Å². The molecule has 3 aromatic rings. The van der Waals surface area contributed by atoms with Crippen LogP contribution in [-0.4, -0.2) is 28.9 Å². The number of nitrogens with one attached hydrogen (secondary N) is 1. The largest absolute Gasteiger partial charge is 0.481 e. The number of pyridine rings is 1. The van der Waals surface area contributed by atoms with Crippen molar-refractivity contribution in [2.24, 2.45) is 5.10 Å². The van der Waals surface area contributed by atoms with Crippen LogP contribution in [0, 0.1) is 0 Å². The van der Waals surface area contributed by atoms with Crippen LogP contribution in [0.1, 0.15) is 5.56 Å². The second-order valence-corrected chi connectivity index (χ2v) is 6.03. The van der Waals surface area contributed by atoms with Crippen LogP contribution in [0.15, 0.2) is 64.3 Å². The summed E-state index contributed by atoms with van der Waals surface area (Å²) in [6, 6.07) is 14.9. The van der Waals surface area contributed by atoms with Crippen LogP contribution in [0.5, 0.6) is 5.75 Å². The normalized spacial score (nSPS) is 10.9. The fraction of sp³-hybridized carbons (Fsp3) is 0.0556. The van der Waals surface area contributed by atoms with E-state index in [4.69, 9.17) is 9.84 Å². The van der Waals surface area contributed by atoms with Gasteiger partial charge in [-0.05, 0) is 30.3 Å². The number of anilines is 1. The van der Waals surface area contributed by atoms with Gasteiger partial charge < -0.3 is 9.84 Å². The first-order chi connectivity index (χ1) is 12.1. The van der Waals surface area contributed by atoms with Crippen molar-refractivity contribution in [1.82, 2.24) is 4.98 Å². The van der Waals surface area contributed by atoms with Gasteiger partial charge >= 0.3 is 5.97 Å². The first-order valence-electron chi connectivity index (χ1n) is 7.40. The lowest BCUT2D eigenvalue weighted by Crippen LogP contribution is -2.10. The lowest BCUT2D eigenvalue weighted by atomic mass is 10.2. The van der Waals surface area contributed by atoms with E-state index in [-0.39, 0.29) is 0 Å². The van der Waals surface area contributed by atoms with Gasteiger partial charge in [-0.2, -0.15) is 5.10 Å². The summed E-state index contributed by atoms with van der Waals surface area (Å²) in [6.45, 7) is -0.414. The molecule has 1 aromatic heterocycles. The maximum absolute atomic E-state index is 10.7. The minimum atomic E-state index is -1.04. The molecule has 0 saturated carbocycles. The monoisotopic (exact) mass is 399 g/mol. The van der Waals surface area contributed by atoms with Crippen LogP contribution in [0.2, 0.25) is 0 Å². The minimum Gasteiger partial charge on any atom is -0.481 e. The molecule has 0 aliphatic carbocycles. The zero-order chi connectivity index (χ0) is 17.6. The molecule has 25 heavy (non-hydrogen) atoms. The summed E-state index contributed by atoms with van der Waals surface area (Å²) in [5, 5.41) is 14.0. The predicted molar refractivity (Wildman–Crippen MR) is 100 cm³/mol. The third-order valence-electron chi connectivity index (χ3n) is 3.34. The van der Waals surface area contributed by atoms with E-state index < -0.39 is 12.6 Å². The van der Waals surface area contributed by atoms with Gasteiger partial charge in [-0.3, -0.25) is 10.4 Å². The molecule has 0 aliphatic rings. The van der Waals surface area contributed by atoms with E-state index in [1.54, 1.807) is 30.6 Å². The van der Waals surface area contributed by atoms with Gasteiger partial charge in [0.1, 0.15) is 5.75 Å². The number of para-hydroxylation sites is 1. The maximum Gasteiger partial charge on any atom is 0.341 e. The third kappa shape index (κ3) is 4.33. The van der Waals surface area contributed by atoms with E-state index in [1.165, 1.54) is 0 Å². The molecule has 0 spiro atoms. The molecule has 7 heteroatoms. The molecular formula is C18H14BrN3O3. The van der Waals surface area contributed by atoms with Crippen molar-refractivity contribution in [2.75, 3.05) is 12.0 Å². The molecule has 2 aromatic carbocycles. The summed E-state index contributed by atoms with van der Waals surface area (Å²) in [7, 11) is 0. The van der Waals surface area contributed by atoms with Crippen molar-refractivity contribution in [3.05, 3.63) is 64.8 Å². The molecule has 0 saturated heterocycles. The molecule has 3 rings (SSSR count). The number of rotatable bonds is 6. The van der Waals surface area contributed by atoms with Crippen LogP contribution in [0.4, 0.5) is 5.69 Å². The Morgan fingerprint density at radius 1 is 1.28 bits per heavy atom. The number of halogens is 1. The van der Waals surface area contributed by atoms with Crippen LogP contribution < -0.4 is 10.2 Å². The molecule has 0 fully saturated rings. The first-order valence-corrected chi connectivity index (χ1v) is 8.20. The summed E-state index contributed by atoms with van der Waals surface area (Å²) in [4.78, 5) is 15.0. The number of benzene rings is 2. The Bertz CT molecular complexity index is 939. The summed E-state index contributed by atoms with van der Waals surface area (Å²) < 4.78 is 6.11. The van der Waals surface area contributed by atoms with Crippen LogP contribution >= 0.6 is 15.9 Å². The van der Waals surface area contributed by atoms with E-state index in [2.05, 4.69) is 31.4 Å². The van der Waals surface area contributed by atoms with Gasteiger partial charge in [-0.1, -0.05) is 34.1 Å². The first kappa shape index (κ1) is 16.9. The Morgan fingerprint density at radius 3 is 2.96 bits per heavy atom. The highest BCUT2D eigenvalue weighted by Gasteiger charge is 2.06. The number of carbonyl (C=O) groups is 1. The molecule has 126 valence electrons. The Balaban J connectivity index is 1.82. The van der Waals surface area contributed by atoms with Gasteiger partial charge in [0.05, 0.1) is 17.4 Å². The fourth-order valence-electron chi connectivity index (χ4n) is 2.26. The van der Waals surface area contributed by atoms with Crippen molar-refractivity contribution < 1.29 is 14.6 Å². The second kappa shape index (κ2) is 7.76. The molecule has 2 N–H and O–H groups in total. The number of hydrogen-bond acceptors (Lipinski definition) is 5. The Morgan fingerprint density at radius 2 is 2.12 bits per heavy atom. The average molecular weight is 400 g/mol. The lowest BCUT2D eigenvalue weighted by Gasteiger charge is -2.08. The standard InChI is InChI=1S/C18H14BrN3O3/c19-14-6-7-16(25-11-17(23)24)13(9-14)10-21-22-15-5-1-3-12-4-2-8-20-18(12)15/h1-10,22H,11H2,(H,23,24)/b21-10-.